The van der Waals surface area contributed by atoms with Gasteiger partial charge in [-0.15, -0.1) is 0 Å². The van der Waals surface area contributed by atoms with Gasteiger partial charge < -0.3 is 29.6 Å². The van der Waals surface area contributed by atoms with E-state index in [-0.39, 0.29) is 0 Å². The predicted octanol–water partition coefficient (Wildman–Crippen LogP) is 3.02. The average Bonchev–Trinajstić information content (AvgIpc) is 3.23. The van der Waals surface area contributed by atoms with Gasteiger partial charge in [0.05, 0.1) is 21.3 Å². The van der Waals surface area contributed by atoms with Gasteiger partial charge in [-0.2, -0.15) is 0 Å². The van der Waals surface area contributed by atoms with Crippen LogP contribution in [0.25, 0.3) is 0 Å². The summed E-state index contributed by atoms with van der Waals surface area (Å²) in [7, 11) is 8.53. The third kappa shape index (κ3) is 6.42. The molecular weight excluding hydrogens is 370 g/mol. The van der Waals surface area contributed by atoms with Gasteiger partial charge in [0.2, 0.25) is 0 Å². The Hall–Kier alpha value is -2.15. The van der Waals surface area contributed by atoms with E-state index in [1.165, 1.54) is 25.7 Å². The van der Waals surface area contributed by atoms with Crippen molar-refractivity contribution in [1.82, 2.24) is 10.6 Å². The average molecular weight is 408 g/mol. The highest BCUT2D eigenvalue weighted by Gasteiger charge is 2.33. The van der Waals surface area contributed by atoms with Gasteiger partial charge in [0.25, 0.3) is 0 Å². The smallest absolute Gasteiger partial charge is 0.191 e. The van der Waals surface area contributed by atoms with Crippen molar-refractivity contribution in [2.75, 3.05) is 55.2 Å². The summed E-state index contributed by atoms with van der Waals surface area (Å²) >= 11 is 0. The standard InChI is InChI=1S/C22H37N3O4/c1-23-21(25-16-22(11-13-26-2)9-6-7-10-22)24-12-8-18-19(28-4)14-17(27-3)15-20(18)29-5/h14-15H,6-13,16H2,1-5H3,(H2,23,24,25). The van der Waals surface area contributed by atoms with E-state index in [9.17, 15) is 0 Å². The predicted molar refractivity (Wildman–Crippen MR) is 117 cm³/mol. The van der Waals surface area contributed by atoms with E-state index in [1.807, 2.05) is 12.1 Å². The van der Waals surface area contributed by atoms with Gasteiger partial charge in [-0.05, 0) is 31.1 Å². The van der Waals surface area contributed by atoms with Crippen LogP contribution in [0.1, 0.15) is 37.7 Å². The minimum atomic E-state index is 0.316. The SMILES string of the molecule is CN=C(NCCc1c(OC)cc(OC)cc1OC)NCC1(CCOC)CCCC1. The number of guanidine groups is 1. The van der Waals surface area contributed by atoms with Crippen LogP contribution in [0.5, 0.6) is 17.2 Å². The number of rotatable bonds is 11. The molecule has 0 amide bonds. The zero-order chi connectivity index (χ0) is 21.1. The lowest BCUT2D eigenvalue weighted by Crippen LogP contribution is -2.44. The highest BCUT2D eigenvalue weighted by molar-refractivity contribution is 5.79. The Labute approximate surface area is 175 Å². The van der Waals surface area contributed by atoms with E-state index in [4.69, 9.17) is 18.9 Å². The maximum atomic E-state index is 5.53. The maximum Gasteiger partial charge on any atom is 0.191 e. The number of nitrogens with zero attached hydrogens (tertiary/aromatic N) is 1. The van der Waals surface area contributed by atoms with Crippen molar-refractivity contribution in [3.8, 4) is 17.2 Å². The van der Waals surface area contributed by atoms with Crippen molar-refractivity contribution in [1.29, 1.82) is 0 Å². The van der Waals surface area contributed by atoms with Crippen LogP contribution in [0.15, 0.2) is 17.1 Å². The molecular formula is C22H37N3O4. The summed E-state index contributed by atoms with van der Waals surface area (Å²) in [6, 6.07) is 3.76. The van der Waals surface area contributed by atoms with Crippen LogP contribution in [-0.4, -0.2) is 61.1 Å². The molecule has 0 bridgehead atoms. The van der Waals surface area contributed by atoms with Gasteiger partial charge in [0.1, 0.15) is 17.2 Å². The molecule has 1 aromatic carbocycles. The molecule has 1 aliphatic rings. The third-order valence-electron chi connectivity index (χ3n) is 5.84. The lowest BCUT2D eigenvalue weighted by atomic mass is 9.83. The molecule has 7 heteroatoms. The van der Waals surface area contributed by atoms with Crippen molar-refractivity contribution < 1.29 is 18.9 Å². The zero-order valence-corrected chi connectivity index (χ0v) is 18.6. The van der Waals surface area contributed by atoms with Crippen LogP contribution in [0.4, 0.5) is 0 Å². The van der Waals surface area contributed by atoms with Crippen molar-refractivity contribution in [2.45, 2.75) is 38.5 Å². The maximum absolute atomic E-state index is 5.53. The molecule has 7 nitrogen and oxygen atoms in total. The van der Waals surface area contributed by atoms with Gasteiger partial charge >= 0.3 is 0 Å². The lowest BCUT2D eigenvalue weighted by molar-refractivity contribution is 0.138. The fourth-order valence-electron chi connectivity index (χ4n) is 4.08. The molecule has 1 aromatic rings. The second-order valence-electron chi connectivity index (χ2n) is 7.56. The molecule has 0 saturated heterocycles. The van der Waals surface area contributed by atoms with Gasteiger partial charge in [0, 0.05) is 51.6 Å². The summed E-state index contributed by atoms with van der Waals surface area (Å²) in [4.78, 5) is 4.38. The summed E-state index contributed by atoms with van der Waals surface area (Å²) < 4.78 is 21.7. The molecule has 0 aliphatic heterocycles. The van der Waals surface area contributed by atoms with E-state index in [0.29, 0.717) is 17.7 Å². The molecule has 0 spiro atoms. The van der Waals surface area contributed by atoms with Crippen LogP contribution in [-0.2, 0) is 11.2 Å². The van der Waals surface area contributed by atoms with Gasteiger partial charge in [-0.1, -0.05) is 12.8 Å². The first kappa shape index (κ1) is 23.1. The summed E-state index contributed by atoms with van der Waals surface area (Å²) in [5, 5.41) is 6.94. The van der Waals surface area contributed by atoms with Crippen molar-refractivity contribution in [3.05, 3.63) is 17.7 Å². The Kier molecular flexibility index (Phi) is 9.38. The quantitative estimate of drug-likeness (QED) is 0.434. The fourth-order valence-corrected chi connectivity index (χ4v) is 4.08. The molecule has 164 valence electrons. The first-order valence-corrected chi connectivity index (χ1v) is 10.3. The van der Waals surface area contributed by atoms with E-state index in [2.05, 4.69) is 15.6 Å². The second kappa shape index (κ2) is 11.8. The second-order valence-corrected chi connectivity index (χ2v) is 7.56. The summed E-state index contributed by atoms with van der Waals surface area (Å²) in [6.45, 7) is 2.44. The van der Waals surface area contributed by atoms with Crippen molar-refractivity contribution in [2.24, 2.45) is 10.4 Å². The highest BCUT2D eigenvalue weighted by Crippen LogP contribution is 2.40. The Bertz CT molecular complexity index is 632. The summed E-state index contributed by atoms with van der Waals surface area (Å²) in [5.74, 6) is 3.05. The number of methoxy groups -OCH3 is 4. The first-order valence-electron chi connectivity index (χ1n) is 10.3. The summed E-state index contributed by atoms with van der Waals surface area (Å²) in [6.07, 6.45) is 6.93. The van der Waals surface area contributed by atoms with Crippen molar-refractivity contribution in [3.63, 3.8) is 0 Å². The van der Waals surface area contributed by atoms with E-state index < -0.39 is 0 Å². The largest absolute Gasteiger partial charge is 0.496 e. The third-order valence-corrected chi connectivity index (χ3v) is 5.84. The van der Waals surface area contributed by atoms with Crippen LogP contribution >= 0.6 is 0 Å². The molecule has 0 unspecified atom stereocenters. The Morgan fingerprint density at radius 1 is 1.00 bits per heavy atom. The molecule has 1 aliphatic carbocycles. The Morgan fingerprint density at radius 2 is 1.66 bits per heavy atom. The van der Waals surface area contributed by atoms with Crippen molar-refractivity contribution >= 4 is 5.96 Å². The van der Waals surface area contributed by atoms with E-state index in [0.717, 1.165) is 49.0 Å². The number of aliphatic imine (C=N–C) groups is 1. The monoisotopic (exact) mass is 407 g/mol. The molecule has 29 heavy (non-hydrogen) atoms. The highest BCUT2D eigenvalue weighted by atomic mass is 16.5. The van der Waals surface area contributed by atoms with Gasteiger partial charge in [-0.25, -0.2) is 0 Å². The number of benzene rings is 1. The molecule has 0 atom stereocenters. The fraction of sp³-hybridized carbons (Fsp3) is 0.682. The molecule has 1 saturated carbocycles. The first-order chi connectivity index (χ1) is 14.1. The van der Waals surface area contributed by atoms with E-state index >= 15 is 0 Å². The summed E-state index contributed by atoms with van der Waals surface area (Å²) in [5.41, 5.74) is 1.32. The van der Waals surface area contributed by atoms with Crippen LogP contribution in [0.2, 0.25) is 0 Å². The van der Waals surface area contributed by atoms with Crippen LogP contribution in [0, 0.1) is 5.41 Å². The number of ether oxygens (including phenoxy) is 4. The zero-order valence-electron chi connectivity index (χ0n) is 18.6. The topological polar surface area (TPSA) is 73.3 Å². The number of nitrogens with one attached hydrogen (secondary N) is 2. The van der Waals surface area contributed by atoms with Crippen LogP contribution < -0.4 is 24.8 Å². The van der Waals surface area contributed by atoms with Crippen LogP contribution in [0.3, 0.4) is 0 Å². The molecule has 1 fully saturated rings. The number of hydrogen-bond donors (Lipinski definition) is 2. The molecule has 0 heterocycles. The van der Waals surface area contributed by atoms with E-state index in [1.54, 1.807) is 35.5 Å². The van der Waals surface area contributed by atoms with Gasteiger partial charge in [-0.3, -0.25) is 4.99 Å². The molecule has 2 N–H and O–H groups in total. The molecule has 0 aromatic heterocycles. The minimum Gasteiger partial charge on any atom is -0.496 e. The molecule has 2 rings (SSSR count). The Balaban J connectivity index is 1.93. The molecule has 0 radical (unpaired) electrons. The normalized spacial score (nSPS) is 15.8. The van der Waals surface area contributed by atoms with Gasteiger partial charge in [0.15, 0.2) is 5.96 Å². The Morgan fingerprint density at radius 3 is 2.17 bits per heavy atom. The number of hydrogen-bond acceptors (Lipinski definition) is 5. The lowest BCUT2D eigenvalue weighted by Gasteiger charge is -2.30. The minimum absolute atomic E-state index is 0.316.